The third-order valence-corrected chi connectivity index (χ3v) is 6.92. The van der Waals surface area contributed by atoms with Crippen LogP contribution in [-0.2, 0) is 4.79 Å². The van der Waals surface area contributed by atoms with Crippen LogP contribution in [0.3, 0.4) is 0 Å². The lowest BCUT2D eigenvalue weighted by atomic mass is 10.1. The lowest BCUT2D eigenvalue weighted by Gasteiger charge is -2.28. The van der Waals surface area contributed by atoms with Gasteiger partial charge in [-0.1, -0.05) is 23.1 Å². The lowest BCUT2D eigenvalue weighted by molar-refractivity contribution is -0.113. The van der Waals surface area contributed by atoms with Crippen molar-refractivity contribution >= 4 is 51.2 Å². The number of amides is 1. The molecule has 3 aromatic rings. The van der Waals surface area contributed by atoms with E-state index < -0.39 is 0 Å². The minimum absolute atomic E-state index is 0.0596. The molecule has 2 heterocycles. The molecule has 0 unspecified atom stereocenters. The molecule has 2 aromatic carbocycles. The number of methoxy groups -OCH3 is 1. The molecule has 0 spiro atoms. The van der Waals surface area contributed by atoms with Crippen LogP contribution in [0.1, 0.15) is 19.3 Å². The van der Waals surface area contributed by atoms with Gasteiger partial charge in [0.15, 0.2) is 4.34 Å². The van der Waals surface area contributed by atoms with Gasteiger partial charge in [-0.05, 0) is 67.8 Å². The molecule has 1 aliphatic rings. The van der Waals surface area contributed by atoms with Gasteiger partial charge in [0, 0.05) is 30.2 Å². The summed E-state index contributed by atoms with van der Waals surface area (Å²) >= 11 is 2.79. The second kappa shape index (κ2) is 10.5. The summed E-state index contributed by atoms with van der Waals surface area (Å²) in [6.45, 7) is 2.22. The largest absolute Gasteiger partial charge is 0.497 e. The molecule has 1 aliphatic heterocycles. The van der Waals surface area contributed by atoms with Gasteiger partial charge < -0.3 is 20.3 Å². The summed E-state index contributed by atoms with van der Waals surface area (Å²) in [6.07, 6.45) is 3.81. The smallest absolute Gasteiger partial charge is 0.234 e. The number of carbonyl (C=O) groups excluding carboxylic acids is 1. The predicted octanol–water partition coefficient (Wildman–Crippen LogP) is 5.01. The molecule has 1 amide bonds. The Morgan fingerprint density at radius 2 is 1.74 bits per heavy atom. The molecule has 1 fully saturated rings. The van der Waals surface area contributed by atoms with Crippen molar-refractivity contribution in [3.8, 4) is 5.75 Å². The zero-order chi connectivity index (χ0) is 21.5. The Balaban J connectivity index is 1.24. The second-order valence-electron chi connectivity index (χ2n) is 7.16. The first-order valence-electron chi connectivity index (χ1n) is 10.2. The van der Waals surface area contributed by atoms with Crippen LogP contribution < -0.4 is 20.3 Å². The van der Waals surface area contributed by atoms with Crippen molar-refractivity contribution in [3.63, 3.8) is 0 Å². The molecule has 2 N–H and O–H groups in total. The highest BCUT2D eigenvalue weighted by molar-refractivity contribution is 8.01. The molecular weight excluding hydrogens is 430 g/mol. The number of piperidine rings is 1. The summed E-state index contributed by atoms with van der Waals surface area (Å²) < 4.78 is 5.90. The van der Waals surface area contributed by atoms with E-state index in [0.717, 1.165) is 34.6 Å². The average molecular weight is 456 g/mol. The van der Waals surface area contributed by atoms with Crippen molar-refractivity contribution in [2.75, 3.05) is 41.5 Å². The van der Waals surface area contributed by atoms with E-state index in [1.165, 1.54) is 48.0 Å². The Morgan fingerprint density at radius 1 is 1.03 bits per heavy atom. The highest BCUT2D eigenvalue weighted by Gasteiger charge is 2.12. The first kappa shape index (κ1) is 21.5. The molecule has 0 bridgehead atoms. The molecule has 7 nitrogen and oxygen atoms in total. The Hall–Kier alpha value is -2.78. The van der Waals surface area contributed by atoms with E-state index in [2.05, 4.69) is 37.9 Å². The van der Waals surface area contributed by atoms with Gasteiger partial charge in [-0.3, -0.25) is 4.79 Å². The quantitative estimate of drug-likeness (QED) is 0.462. The summed E-state index contributed by atoms with van der Waals surface area (Å²) in [5, 5.41) is 15.1. The minimum atomic E-state index is -0.0596. The van der Waals surface area contributed by atoms with Crippen LogP contribution in [0.2, 0.25) is 0 Å². The van der Waals surface area contributed by atoms with Crippen LogP contribution in [0, 0.1) is 0 Å². The summed E-state index contributed by atoms with van der Waals surface area (Å²) in [4.78, 5) is 14.7. The standard InChI is InChI=1S/C22H25N5O2S2/c1-29-19-11-7-17(8-12-19)24-21-25-26-22(31-21)30-15-20(28)23-16-5-9-18(10-6-16)27-13-3-2-4-14-27/h5-12H,2-4,13-15H2,1H3,(H,23,28)(H,24,25). The number of ether oxygens (including phenoxy) is 1. The maximum atomic E-state index is 12.3. The summed E-state index contributed by atoms with van der Waals surface area (Å²) in [7, 11) is 1.64. The monoisotopic (exact) mass is 455 g/mol. The molecule has 0 radical (unpaired) electrons. The minimum Gasteiger partial charge on any atom is -0.497 e. The molecule has 0 aliphatic carbocycles. The SMILES string of the molecule is COc1ccc(Nc2nnc(SCC(=O)Nc3ccc(N4CCCCC4)cc3)s2)cc1. The number of hydrogen-bond donors (Lipinski definition) is 2. The van der Waals surface area contributed by atoms with Crippen LogP contribution >= 0.6 is 23.1 Å². The normalized spacial score (nSPS) is 13.6. The Bertz CT molecular complexity index is 986. The fourth-order valence-corrected chi connectivity index (χ4v) is 4.92. The molecule has 1 saturated heterocycles. The maximum absolute atomic E-state index is 12.3. The number of anilines is 4. The van der Waals surface area contributed by atoms with E-state index in [1.54, 1.807) is 7.11 Å². The van der Waals surface area contributed by atoms with Gasteiger partial charge in [-0.15, -0.1) is 10.2 Å². The highest BCUT2D eigenvalue weighted by atomic mass is 32.2. The van der Waals surface area contributed by atoms with Crippen LogP contribution in [0.15, 0.2) is 52.9 Å². The van der Waals surface area contributed by atoms with Crippen LogP contribution in [0.5, 0.6) is 5.75 Å². The van der Waals surface area contributed by atoms with E-state index in [-0.39, 0.29) is 11.7 Å². The summed E-state index contributed by atoms with van der Waals surface area (Å²) in [6, 6.07) is 15.7. The van der Waals surface area contributed by atoms with Crippen LogP contribution in [-0.4, -0.2) is 42.1 Å². The fourth-order valence-electron chi connectivity index (χ4n) is 3.35. The summed E-state index contributed by atoms with van der Waals surface area (Å²) in [5.74, 6) is 1.02. The third-order valence-electron chi connectivity index (χ3n) is 4.95. The highest BCUT2D eigenvalue weighted by Crippen LogP contribution is 2.28. The van der Waals surface area contributed by atoms with Gasteiger partial charge in [-0.25, -0.2) is 0 Å². The molecular formula is C22H25N5O2S2. The maximum Gasteiger partial charge on any atom is 0.234 e. The number of thioether (sulfide) groups is 1. The zero-order valence-electron chi connectivity index (χ0n) is 17.3. The Kier molecular flexibility index (Phi) is 7.26. The van der Waals surface area contributed by atoms with Crippen molar-refractivity contribution in [1.82, 2.24) is 10.2 Å². The van der Waals surface area contributed by atoms with E-state index in [0.29, 0.717) is 5.13 Å². The first-order valence-corrected chi connectivity index (χ1v) is 12.0. The lowest BCUT2D eigenvalue weighted by Crippen LogP contribution is -2.29. The van der Waals surface area contributed by atoms with Crippen molar-refractivity contribution in [2.45, 2.75) is 23.6 Å². The molecule has 9 heteroatoms. The number of hydrogen-bond acceptors (Lipinski definition) is 8. The van der Waals surface area contributed by atoms with Crippen molar-refractivity contribution in [2.24, 2.45) is 0 Å². The third kappa shape index (κ3) is 6.11. The van der Waals surface area contributed by atoms with E-state index >= 15 is 0 Å². The Labute approximate surface area is 190 Å². The van der Waals surface area contributed by atoms with Crippen molar-refractivity contribution in [3.05, 3.63) is 48.5 Å². The summed E-state index contributed by atoms with van der Waals surface area (Å²) in [5.41, 5.74) is 2.93. The molecule has 4 rings (SSSR count). The van der Waals surface area contributed by atoms with E-state index in [4.69, 9.17) is 4.74 Å². The van der Waals surface area contributed by atoms with Gasteiger partial charge in [-0.2, -0.15) is 0 Å². The number of benzene rings is 2. The molecule has 162 valence electrons. The second-order valence-corrected chi connectivity index (χ2v) is 9.36. The van der Waals surface area contributed by atoms with Crippen molar-refractivity contribution in [1.29, 1.82) is 0 Å². The number of aromatic nitrogens is 2. The predicted molar refractivity (Wildman–Crippen MR) is 128 cm³/mol. The van der Waals surface area contributed by atoms with E-state index in [9.17, 15) is 4.79 Å². The first-order chi connectivity index (χ1) is 15.2. The number of nitrogens with zero attached hydrogens (tertiary/aromatic N) is 3. The topological polar surface area (TPSA) is 79.4 Å². The van der Waals surface area contributed by atoms with Gasteiger partial charge in [0.1, 0.15) is 5.75 Å². The fraction of sp³-hybridized carbons (Fsp3) is 0.318. The molecule has 0 atom stereocenters. The van der Waals surface area contributed by atoms with Crippen LogP contribution in [0.25, 0.3) is 0 Å². The van der Waals surface area contributed by atoms with Gasteiger partial charge in [0.25, 0.3) is 0 Å². The van der Waals surface area contributed by atoms with E-state index in [1.807, 2.05) is 36.4 Å². The van der Waals surface area contributed by atoms with Crippen LogP contribution in [0.4, 0.5) is 22.2 Å². The van der Waals surface area contributed by atoms with Gasteiger partial charge in [0.2, 0.25) is 11.0 Å². The molecule has 1 aromatic heterocycles. The molecule has 31 heavy (non-hydrogen) atoms. The van der Waals surface area contributed by atoms with Gasteiger partial charge >= 0.3 is 0 Å². The zero-order valence-corrected chi connectivity index (χ0v) is 19.0. The van der Waals surface area contributed by atoms with Crippen molar-refractivity contribution < 1.29 is 9.53 Å². The number of rotatable bonds is 8. The number of carbonyl (C=O) groups is 1. The van der Waals surface area contributed by atoms with Gasteiger partial charge in [0.05, 0.1) is 12.9 Å². The average Bonchev–Trinajstić information content (AvgIpc) is 3.26. The number of nitrogens with one attached hydrogen (secondary N) is 2. The Morgan fingerprint density at radius 3 is 2.45 bits per heavy atom. The molecule has 0 saturated carbocycles.